The molecule has 0 heterocycles. The molecule has 0 aliphatic carbocycles. The van der Waals surface area contributed by atoms with Crippen LogP contribution in [0.2, 0.25) is 0 Å². The second-order valence-corrected chi connectivity index (χ2v) is 5.67. The number of rotatable bonds is 10. The summed E-state index contributed by atoms with van der Waals surface area (Å²) in [4.78, 5) is 0. The van der Waals surface area contributed by atoms with Gasteiger partial charge in [-0.3, -0.25) is 0 Å². The SMILES string of the molecule is CCCCCCCCCCCc1c(O)c(O)cc(O)c1O. The van der Waals surface area contributed by atoms with Gasteiger partial charge < -0.3 is 20.4 Å². The first-order valence-electron chi connectivity index (χ1n) is 8.03. The molecule has 0 spiro atoms. The maximum atomic E-state index is 9.70. The largest absolute Gasteiger partial charge is 0.504 e. The third kappa shape index (κ3) is 5.74. The zero-order valence-corrected chi connectivity index (χ0v) is 12.9. The molecule has 1 aromatic carbocycles. The van der Waals surface area contributed by atoms with Crippen molar-refractivity contribution in [2.24, 2.45) is 0 Å². The van der Waals surface area contributed by atoms with Crippen LogP contribution in [0.4, 0.5) is 0 Å². The number of phenols is 4. The molecule has 0 aromatic heterocycles. The molecular weight excluding hydrogens is 268 g/mol. The fraction of sp³-hybridized carbons (Fsp3) is 0.647. The van der Waals surface area contributed by atoms with E-state index >= 15 is 0 Å². The fourth-order valence-electron chi connectivity index (χ4n) is 2.54. The Labute approximate surface area is 127 Å². The minimum absolute atomic E-state index is 0.232. The van der Waals surface area contributed by atoms with E-state index in [4.69, 9.17) is 0 Å². The summed E-state index contributed by atoms with van der Waals surface area (Å²) < 4.78 is 0. The molecule has 4 nitrogen and oxygen atoms in total. The predicted octanol–water partition coefficient (Wildman–Crippen LogP) is 4.58. The smallest absolute Gasteiger partial charge is 0.164 e. The Hall–Kier alpha value is -1.58. The molecule has 0 aliphatic heterocycles. The van der Waals surface area contributed by atoms with Crippen LogP contribution in [0.1, 0.15) is 70.3 Å². The molecule has 0 unspecified atom stereocenters. The molecule has 4 heteroatoms. The van der Waals surface area contributed by atoms with Crippen LogP contribution in [0.3, 0.4) is 0 Å². The summed E-state index contributed by atoms with van der Waals surface area (Å²) in [6.07, 6.45) is 11.1. The van der Waals surface area contributed by atoms with E-state index in [-0.39, 0.29) is 17.1 Å². The molecule has 1 aromatic rings. The number of unbranched alkanes of at least 4 members (excludes halogenated alkanes) is 8. The Morgan fingerprint density at radius 1 is 0.667 bits per heavy atom. The highest BCUT2D eigenvalue weighted by Crippen LogP contribution is 2.42. The van der Waals surface area contributed by atoms with Crippen molar-refractivity contribution in [3.8, 4) is 23.0 Å². The zero-order valence-electron chi connectivity index (χ0n) is 12.9. The Balaban J connectivity index is 2.24. The van der Waals surface area contributed by atoms with Gasteiger partial charge in [0.2, 0.25) is 0 Å². The lowest BCUT2D eigenvalue weighted by atomic mass is 10.0. The van der Waals surface area contributed by atoms with E-state index in [1.807, 2.05) is 0 Å². The van der Waals surface area contributed by atoms with Crippen LogP contribution in [0.5, 0.6) is 23.0 Å². The molecule has 120 valence electrons. The van der Waals surface area contributed by atoms with Crippen LogP contribution in [0, 0.1) is 0 Å². The van der Waals surface area contributed by atoms with E-state index < -0.39 is 11.5 Å². The minimum atomic E-state index is -0.392. The molecule has 21 heavy (non-hydrogen) atoms. The Bertz CT molecular complexity index is 403. The van der Waals surface area contributed by atoms with Crippen LogP contribution in [-0.4, -0.2) is 20.4 Å². The van der Waals surface area contributed by atoms with E-state index in [2.05, 4.69) is 6.92 Å². The maximum absolute atomic E-state index is 9.70. The Morgan fingerprint density at radius 2 is 1.10 bits per heavy atom. The maximum Gasteiger partial charge on any atom is 0.164 e. The predicted molar refractivity (Wildman–Crippen MR) is 84.0 cm³/mol. The molecule has 0 saturated carbocycles. The van der Waals surface area contributed by atoms with E-state index in [1.54, 1.807) is 0 Å². The first-order valence-corrected chi connectivity index (χ1v) is 8.03. The molecule has 0 fully saturated rings. The van der Waals surface area contributed by atoms with Gasteiger partial charge in [0.05, 0.1) is 0 Å². The lowest BCUT2D eigenvalue weighted by Crippen LogP contribution is -1.90. The van der Waals surface area contributed by atoms with Crippen LogP contribution >= 0.6 is 0 Å². The Morgan fingerprint density at radius 3 is 1.57 bits per heavy atom. The Kier molecular flexibility index (Phi) is 7.80. The van der Waals surface area contributed by atoms with Gasteiger partial charge in [-0.1, -0.05) is 58.3 Å². The van der Waals surface area contributed by atoms with Gasteiger partial charge >= 0.3 is 0 Å². The van der Waals surface area contributed by atoms with Gasteiger partial charge in [-0.15, -0.1) is 0 Å². The van der Waals surface area contributed by atoms with Crippen molar-refractivity contribution in [1.29, 1.82) is 0 Å². The number of hydrogen-bond acceptors (Lipinski definition) is 4. The molecule has 0 atom stereocenters. The van der Waals surface area contributed by atoms with Crippen molar-refractivity contribution in [1.82, 2.24) is 0 Å². The van der Waals surface area contributed by atoms with E-state index in [0.29, 0.717) is 6.42 Å². The summed E-state index contributed by atoms with van der Waals surface area (Å²) in [6.45, 7) is 2.21. The van der Waals surface area contributed by atoms with Crippen molar-refractivity contribution >= 4 is 0 Å². The second-order valence-electron chi connectivity index (χ2n) is 5.67. The van der Waals surface area contributed by atoms with Crippen molar-refractivity contribution in [2.75, 3.05) is 0 Å². The molecule has 0 radical (unpaired) electrons. The van der Waals surface area contributed by atoms with Crippen LogP contribution < -0.4 is 0 Å². The summed E-state index contributed by atoms with van der Waals surface area (Å²) >= 11 is 0. The van der Waals surface area contributed by atoms with E-state index in [1.165, 1.54) is 38.5 Å². The highest BCUT2D eigenvalue weighted by molar-refractivity contribution is 5.58. The number of phenolic OH excluding ortho intramolecular Hbond substituents is 4. The van der Waals surface area contributed by atoms with Crippen LogP contribution in [0.25, 0.3) is 0 Å². The molecule has 4 N–H and O–H groups in total. The summed E-state index contributed by atoms with van der Waals surface area (Å²) in [7, 11) is 0. The lowest BCUT2D eigenvalue weighted by Gasteiger charge is -2.10. The van der Waals surface area contributed by atoms with E-state index in [9.17, 15) is 20.4 Å². The molecular formula is C17H28O4. The average molecular weight is 296 g/mol. The highest BCUT2D eigenvalue weighted by atomic mass is 16.3. The molecule has 1 rings (SSSR count). The van der Waals surface area contributed by atoms with Gasteiger partial charge in [-0.05, 0) is 12.8 Å². The topological polar surface area (TPSA) is 80.9 Å². The number of hydrogen-bond donors (Lipinski definition) is 4. The third-order valence-corrected chi connectivity index (χ3v) is 3.86. The van der Waals surface area contributed by atoms with Crippen molar-refractivity contribution in [3.63, 3.8) is 0 Å². The van der Waals surface area contributed by atoms with Crippen molar-refractivity contribution < 1.29 is 20.4 Å². The van der Waals surface area contributed by atoms with Gasteiger partial charge in [0.25, 0.3) is 0 Å². The van der Waals surface area contributed by atoms with Crippen LogP contribution in [0.15, 0.2) is 6.07 Å². The normalized spacial score (nSPS) is 10.9. The fourth-order valence-corrected chi connectivity index (χ4v) is 2.54. The van der Waals surface area contributed by atoms with Gasteiger partial charge in [0, 0.05) is 11.6 Å². The zero-order chi connectivity index (χ0) is 15.7. The number of aromatic hydroxyl groups is 4. The van der Waals surface area contributed by atoms with E-state index in [0.717, 1.165) is 25.3 Å². The van der Waals surface area contributed by atoms with Gasteiger partial charge in [-0.25, -0.2) is 0 Å². The first-order chi connectivity index (χ1) is 10.1. The standard InChI is InChI=1S/C17H28O4/c1-2-3-4-5-6-7-8-9-10-11-13-16(20)14(18)12-15(19)17(13)21/h12,18-21H,2-11H2,1H3. The van der Waals surface area contributed by atoms with Gasteiger partial charge in [-0.2, -0.15) is 0 Å². The first kappa shape index (κ1) is 17.5. The third-order valence-electron chi connectivity index (χ3n) is 3.86. The quantitative estimate of drug-likeness (QED) is 0.289. The lowest BCUT2D eigenvalue weighted by molar-refractivity contribution is 0.364. The molecule has 0 aliphatic rings. The molecule has 0 amide bonds. The average Bonchev–Trinajstić information content (AvgIpc) is 2.46. The summed E-state index contributed by atoms with van der Waals surface area (Å²) in [6, 6.07) is 0.949. The summed E-state index contributed by atoms with van der Waals surface area (Å²) in [5.74, 6) is -1.44. The monoisotopic (exact) mass is 296 g/mol. The minimum Gasteiger partial charge on any atom is -0.504 e. The highest BCUT2D eigenvalue weighted by Gasteiger charge is 2.16. The molecule has 0 bridgehead atoms. The van der Waals surface area contributed by atoms with Crippen LogP contribution in [-0.2, 0) is 6.42 Å². The van der Waals surface area contributed by atoms with Crippen molar-refractivity contribution in [2.45, 2.75) is 71.1 Å². The summed E-state index contributed by atoms with van der Waals surface area (Å²) in [5.41, 5.74) is 0.232. The second kappa shape index (κ2) is 9.37. The summed E-state index contributed by atoms with van der Waals surface area (Å²) in [5, 5.41) is 38.3. The van der Waals surface area contributed by atoms with Crippen molar-refractivity contribution in [3.05, 3.63) is 11.6 Å². The number of benzene rings is 1. The molecule has 0 saturated heterocycles. The van der Waals surface area contributed by atoms with Gasteiger partial charge in [0.1, 0.15) is 0 Å². The van der Waals surface area contributed by atoms with Gasteiger partial charge in [0.15, 0.2) is 23.0 Å².